The lowest BCUT2D eigenvalue weighted by molar-refractivity contribution is -0.117. The number of hydrogen-bond acceptors (Lipinski definition) is 2. The number of carbonyl (C=O) groups is 2. The van der Waals surface area contributed by atoms with Crippen molar-refractivity contribution in [2.24, 2.45) is 11.8 Å². The van der Waals surface area contributed by atoms with Crippen LogP contribution in [0.3, 0.4) is 0 Å². The molecule has 31 heavy (non-hydrogen) atoms. The van der Waals surface area contributed by atoms with Gasteiger partial charge in [-0.3, -0.25) is 9.59 Å². The summed E-state index contributed by atoms with van der Waals surface area (Å²) < 4.78 is 24.9. The van der Waals surface area contributed by atoms with Crippen LogP contribution in [0.5, 0.6) is 0 Å². The molecule has 0 aliphatic heterocycles. The molecule has 3 atom stereocenters. The molecule has 0 saturated heterocycles. The van der Waals surface area contributed by atoms with E-state index in [0.717, 1.165) is 0 Å². The van der Waals surface area contributed by atoms with E-state index in [4.69, 9.17) is 58.0 Å². The minimum absolute atomic E-state index is 0.0713. The van der Waals surface area contributed by atoms with Crippen molar-refractivity contribution in [1.29, 1.82) is 0 Å². The Hall–Kier alpha value is -1.11. The van der Waals surface area contributed by atoms with Crippen molar-refractivity contribution in [3.05, 3.63) is 62.6 Å². The van der Waals surface area contributed by atoms with Crippen molar-refractivity contribution in [2.75, 3.05) is 5.32 Å². The number of hydrogen-bond donors (Lipinski definition) is 1. The molecule has 0 aromatic heterocycles. The highest BCUT2D eigenvalue weighted by Crippen LogP contribution is 2.65. The molecule has 0 radical (unpaired) electrons. The summed E-state index contributed by atoms with van der Waals surface area (Å²) in [5.74, 6) is -6.02. The minimum Gasteiger partial charge on any atom is -0.326 e. The lowest BCUT2D eigenvalue weighted by Gasteiger charge is -2.09. The lowest BCUT2D eigenvalue weighted by Crippen LogP contribution is -2.17. The van der Waals surface area contributed by atoms with Gasteiger partial charge in [-0.1, -0.05) is 40.9 Å². The molecule has 2 aromatic rings. The number of carbonyl (C=O) groups excluding carboxylic acids is 2. The molecular weight excluding hydrogens is 513 g/mol. The van der Waals surface area contributed by atoms with Crippen LogP contribution >= 0.6 is 58.0 Å². The Morgan fingerprint density at radius 2 is 1.65 bits per heavy atom. The van der Waals surface area contributed by atoms with Crippen LogP contribution in [-0.2, 0) is 4.79 Å². The molecule has 2 aromatic carbocycles. The first-order chi connectivity index (χ1) is 14.4. The van der Waals surface area contributed by atoms with Crippen LogP contribution in [0.1, 0.15) is 34.7 Å². The van der Waals surface area contributed by atoms with Gasteiger partial charge in [0.05, 0.1) is 21.0 Å². The number of halogens is 7. The number of rotatable bonds is 6. The number of anilines is 1. The summed E-state index contributed by atoms with van der Waals surface area (Å²) in [6, 6.07) is 9.18. The van der Waals surface area contributed by atoms with E-state index in [0.29, 0.717) is 15.6 Å². The largest absolute Gasteiger partial charge is 0.326 e. The van der Waals surface area contributed by atoms with Gasteiger partial charge in [0.2, 0.25) is 5.91 Å². The maximum atomic E-state index is 13.1. The summed E-state index contributed by atoms with van der Waals surface area (Å²) >= 11 is 30.7. The Labute approximate surface area is 201 Å². The molecule has 10 heteroatoms. The maximum Gasteiger partial charge on any atom is 0.252 e. The lowest BCUT2D eigenvalue weighted by atomic mass is 10.0. The third-order valence-electron chi connectivity index (χ3n) is 5.56. The standard InChI is InChI=1S/C21H14Cl5F2NO2/c22-13-4-2-11(7-12(13)16(30)6-10-8-20(10,27)28)29-19(31)18-17(21(18,25)26)9-1-3-14(23)15(24)5-9/h1-5,7,10,17-18H,6,8H2,(H,29,31). The fourth-order valence-corrected chi connectivity index (χ4v) is 4.99. The van der Waals surface area contributed by atoms with E-state index in [1.54, 1.807) is 18.2 Å². The first-order valence-electron chi connectivity index (χ1n) is 9.26. The summed E-state index contributed by atoms with van der Waals surface area (Å²) in [5.41, 5.74) is 1.02. The fraction of sp³-hybridized carbons (Fsp3) is 0.333. The average molecular weight is 528 g/mol. The first kappa shape index (κ1) is 23.1. The molecule has 1 N–H and O–H groups in total. The van der Waals surface area contributed by atoms with Crippen molar-refractivity contribution in [3.8, 4) is 0 Å². The Kier molecular flexibility index (Phi) is 5.98. The number of nitrogens with one attached hydrogen (secondary N) is 1. The van der Waals surface area contributed by atoms with Crippen molar-refractivity contribution in [1.82, 2.24) is 0 Å². The zero-order valence-electron chi connectivity index (χ0n) is 15.6. The van der Waals surface area contributed by atoms with Gasteiger partial charge in [0.15, 0.2) is 5.78 Å². The third kappa shape index (κ3) is 4.53. The molecule has 0 spiro atoms. The van der Waals surface area contributed by atoms with Crippen molar-refractivity contribution in [3.63, 3.8) is 0 Å². The Balaban J connectivity index is 1.48. The van der Waals surface area contributed by atoms with E-state index < -0.39 is 39.7 Å². The maximum absolute atomic E-state index is 13.1. The second-order valence-corrected chi connectivity index (χ2v) is 10.4. The van der Waals surface area contributed by atoms with Gasteiger partial charge in [0.1, 0.15) is 4.33 Å². The van der Waals surface area contributed by atoms with Gasteiger partial charge in [-0.25, -0.2) is 8.78 Å². The molecule has 3 nitrogen and oxygen atoms in total. The second-order valence-electron chi connectivity index (χ2n) is 7.78. The highest BCUT2D eigenvalue weighted by Gasteiger charge is 2.67. The van der Waals surface area contributed by atoms with Crippen molar-refractivity contribution in [2.45, 2.75) is 29.0 Å². The summed E-state index contributed by atoms with van der Waals surface area (Å²) in [4.78, 5) is 25.2. The van der Waals surface area contributed by atoms with Crippen LogP contribution in [0.4, 0.5) is 14.5 Å². The van der Waals surface area contributed by atoms with Crippen LogP contribution in [0.15, 0.2) is 36.4 Å². The van der Waals surface area contributed by atoms with Crippen LogP contribution < -0.4 is 5.32 Å². The number of alkyl halides is 4. The molecule has 2 aliphatic carbocycles. The van der Waals surface area contributed by atoms with E-state index in [2.05, 4.69) is 5.32 Å². The molecule has 0 heterocycles. The van der Waals surface area contributed by atoms with E-state index >= 15 is 0 Å². The highest BCUT2D eigenvalue weighted by molar-refractivity contribution is 6.53. The van der Waals surface area contributed by atoms with Crippen molar-refractivity contribution < 1.29 is 18.4 Å². The van der Waals surface area contributed by atoms with Gasteiger partial charge in [-0.15, -0.1) is 23.2 Å². The van der Waals surface area contributed by atoms with E-state index in [1.165, 1.54) is 18.2 Å². The zero-order valence-corrected chi connectivity index (χ0v) is 19.4. The predicted molar refractivity (Wildman–Crippen MR) is 119 cm³/mol. The molecule has 3 unspecified atom stereocenters. The number of amides is 1. The molecule has 1 amide bonds. The highest BCUT2D eigenvalue weighted by atomic mass is 35.5. The van der Waals surface area contributed by atoms with Crippen LogP contribution in [-0.4, -0.2) is 21.9 Å². The molecule has 2 fully saturated rings. The molecule has 4 rings (SSSR count). The zero-order chi connectivity index (χ0) is 22.7. The molecule has 2 saturated carbocycles. The third-order valence-corrected chi connectivity index (χ3v) is 7.57. The SMILES string of the molecule is O=C(CC1CC1(F)F)c1cc(NC(=O)C2C(c3ccc(Cl)c(Cl)c3)C2(Cl)Cl)ccc1Cl. The second kappa shape index (κ2) is 8.03. The Morgan fingerprint density at radius 3 is 2.26 bits per heavy atom. The number of benzene rings is 2. The van der Waals surface area contributed by atoms with E-state index in [9.17, 15) is 18.4 Å². The van der Waals surface area contributed by atoms with Crippen LogP contribution in [0.2, 0.25) is 15.1 Å². The summed E-state index contributed by atoms with van der Waals surface area (Å²) in [5, 5.41) is 3.47. The fourth-order valence-electron chi connectivity index (χ4n) is 3.64. The van der Waals surface area contributed by atoms with Gasteiger partial charge in [-0.05, 0) is 35.9 Å². The Morgan fingerprint density at radius 1 is 1.00 bits per heavy atom. The molecule has 164 valence electrons. The molecule has 0 bridgehead atoms. The predicted octanol–water partition coefficient (Wildman–Crippen LogP) is 7.40. The quantitative estimate of drug-likeness (QED) is 0.314. The topological polar surface area (TPSA) is 46.2 Å². The van der Waals surface area contributed by atoms with Gasteiger partial charge < -0.3 is 5.32 Å². The number of Topliss-reactive ketones (excluding diaryl/α,β-unsaturated/α-hetero) is 1. The smallest absolute Gasteiger partial charge is 0.252 e. The normalized spacial score (nSPS) is 25.1. The Bertz CT molecular complexity index is 1090. The van der Waals surface area contributed by atoms with Crippen LogP contribution in [0.25, 0.3) is 0 Å². The first-order valence-corrected chi connectivity index (χ1v) is 11.1. The van der Waals surface area contributed by atoms with Gasteiger partial charge >= 0.3 is 0 Å². The van der Waals surface area contributed by atoms with Gasteiger partial charge in [-0.2, -0.15) is 0 Å². The monoisotopic (exact) mass is 525 g/mol. The van der Waals surface area contributed by atoms with Gasteiger partial charge in [0.25, 0.3) is 5.92 Å². The molecule has 2 aliphatic rings. The number of ketones is 1. The van der Waals surface area contributed by atoms with E-state index in [1.807, 2.05) is 0 Å². The summed E-state index contributed by atoms with van der Waals surface area (Å²) in [7, 11) is 0. The molecular formula is C21H14Cl5F2NO2. The van der Waals surface area contributed by atoms with E-state index in [-0.39, 0.29) is 29.1 Å². The summed E-state index contributed by atoms with van der Waals surface area (Å²) in [6.07, 6.45) is -0.614. The van der Waals surface area contributed by atoms with Crippen molar-refractivity contribution >= 4 is 75.4 Å². The van der Waals surface area contributed by atoms with Gasteiger partial charge in [0, 0.05) is 35.9 Å². The minimum atomic E-state index is -2.80. The van der Waals surface area contributed by atoms with Crippen LogP contribution in [0, 0.1) is 11.8 Å². The summed E-state index contributed by atoms with van der Waals surface area (Å²) in [6.45, 7) is 0. The average Bonchev–Trinajstić information content (AvgIpc) is 3.49.